The lowest BCUT2D eigenvalue weighted by Gasteiger charge is -2.36. The summed E-state index contributed by atoms with van der Waals surface area (Å²) in [6.45, 7) is 6.76. The van der Waals surface area contributed by atoms with E-state index in [1.54, 1.807) is 0 Å². The van der Waals surface area contributed by atoms with Crippen molar-refractivity contribution >= 4 is 0 Å². The highest BCUT2D eigenvalue weighted by Crippen LogP contribution is 2.16. The van der Waals surface area contributed by atoms with Crippen molar-refractivity contribution < 1.29 is 9.84 Å². The molecule has 1 N–H and O–H groups in total. The number of unbranched alkanes of at least 4 members (excludes halogenated alkanes) is 1. The maximum Gasteiger partial charge on any atom is 0.104 e. The molecule has 0 aromatic rings. The van der Waals surface area contributed by atoms with Crippen LogP contribution in [0.4, 0.5) is 0 Å². The average molecular weight is 201 g/mol. The molecule has 1 aliphatic rings. The van der Waals surface area contributed by atoms with E-state index < -0.39 is 0 Å². The topological polar surface area (TPSA) is 32.7 Å². The minimum absolute atomic E-state index is 0.315. The van der Waals surface area contributed by atoms with Crippen molar-refractivity contribution in [2.75, 3.05) is 19.8 Å². The van der Waals surface area contributed by atoms with Gasteiger partial charge in [-0.3, -0.25) is 4.90 Å². The summed E-state index contributed by atoms with van der Waals surface area (Å²) in [5.41, 5.74) is 0. The van der Waals surface area contributed by atoms with E-state index in [9.17, 15) is 5.11 Å². The molecule has 0 radical (unpaired) electrons. The van der Waals surface area contributed by atoms with E-state index in [2.05, 4.69) is 11.8 Å². The van der Waals surface area contributed by atoms with Crippen LogP contribution in [0.15, 0.2) is 0 Å². The highest BCUT2D eigenvalue weighted by Gasteiger charge is 2.23. The van der Waals surface area contributed by atoms with Gasteiger partial charge in [0, 0.05) is 25.8 Å². The van der Waals surface area contributed by atoms with Gasteiger partial charge in [0.2, 0.25) is 0 Å². The fourth-order valence-corrected chi connectivity index (χ4v) is 2.03. The molecule has 1 rings (SSSR count). The first-order chi connectivity index (χ1) is 6.75. The van der Waals surface area contributed by atoms with Gasteiger partial charge in [0.1, 0.15) is 6.23 Å². The van der Waals surface area contributed by atoms with Crippen LogP contribution in [0.5, 0.6) is 0 Å². The SMILES string of the molecule is CCCCN(C(C)O)C1CCOCC1. The van der Waals surface area contributed by atoms with E-state index in [1.807, 2.05) is 6.92 Å². The standard InChI is InChI=1S/C11H23NO2/c1-3-4-7-12(10(2)13)11-5-8-14-9-6-11/h10-11,13H,3-9H2,1-2H3. The zero-order valence-electron chi connectivity index (χ0n) is 9.41. The summed E-state index contributed by atoms with van der Waals surface area (Å²) in [6.07, 6.45) is 4.17. The Bertz CT molecular complexity index is 144. The fourth-order valence-electron chi connectivity index (χ4n) is 2.03. The van der Waals surface area contributed by atoms with Gasteiger partial charge in [-0.1, -0.05) is 13.3 Å². The molecule has 3 heteroatoms. The van der Waals surface area contributed by atoms with E-state index in [-0.39, 0.29) is 6.23 Å². The number of hydrogen-bond donors (Lipinski definition) is 1. The smallest absolute Gasteiger partial charge is 0.104 e. The van der Waals surface area contributed by atoms with E-state index in [0.717, 1.165) is 32.6 Å². The summed E-state index contributed by atoms with van der Waals surface area (Å²) >= 11 is 0. The van der Waals surface area contributed by atoms with E-state index in [1.165, 1.54) is 12.8 Å². The number of ether oxygens (including phenoxy) is 1. The minimum Gasteiger partial charge on any atom is -0.381 e. The molecule has 0 saturated carbocycles. The molecule has 1 saturated heterocycles. The number of aliphatic hydroxyl groups excluding tert-OH is 1. The molecule has 1 unspecified atom stereocenters. The Morgan fingerprint density at radius 3 is 2.57 bits per heavy atom. The van der Waals surface area contributed by atoms with Crippen LogP contribution in [-0.2, 0) is 4.74 Å². The molecule has 84 valence electrons. The summed E-state index contributed by atoms with van der Waals surface area (Å²) in [4.78, 5) is 2.21. The van der Waals surface area contributed by atoms with Crippen molar-refractivity contribution in [2.24, 2.45) is 0 Å². The first kappa shape index (κ1) is 12.0. The molecule has 0 bridgehead atoms. The average Bonchev–Trinajstić information content (AvgIpc) is 2.19. The molecule has 0 amide bonds. The van der Waals surface area contributed by atoms with Gasteiger partial charge in [0.05, 0.1) is 0 Å². The normalized spacial score (nSPS) is 21.4. The molecule has 1 aliphatic heterocycles. The van der Waals surface area contributed by atoms with Crippen LogP contribution in [0.25, 0.3) is 0 Å². The number of rotatable bonds is 5. The largest absolute Gasteiger partial charge is 0.381 e. The summed E-state index contributed by atoms with van der Waals surface area (Å²) in [7, 11) is 0. The van der Waals surface area contributed by atoms with Crippen molar-refractivity contribution in [3.63, 3.8) is 0 Å². The van der Waals surface area contributed by atoms with Gasteiger partial charge in [-0.15, -0.1) is 0 Å². The Kier molecular flexibility index (Phi) is 5.45. The van der Waals surface area contributed by atoms with Gasteiger partial charge in [-0.25, -0.2) is 0 Å². The molecule has 0 spiro atoms. The van der Waals surface area contributed by atoms with Crippen LogP contribution in [0.1, 0.15) is 39.5 Å². The van der Waals surface area contributed by atoms with Crippen LogP contribution in [0.3, 0.4) is 0 Å². The lowest BCUT2D eigenvalue weighted by atomic mass is 10.1. The van der Waals surface area contributed by atoms with Gasteiger partial charge in [0.15, 0.2) is 0 Å². The molecule has 0 aromatic heterocycles. The summed E-state index contributed by atoms with van der Waals surface area (Å²) in [6, 6.07) is 0.523. The maximum absolute atomic E-state index is 9.68. The van der Waals surface area contributed by atoms with E-state index in [4.69, 9.17) is 4.74 Å². The molecule has 1 atom stereocenters. The van der Waals surface area contributed by atoms with E-state index in [0.29, 0.717) is 6.04 Å². The predicted octanol–water partition coefficient (Wildman–Crippen LogP) is 1.61. The second-order valence-corrected chi connectivity index (χ2v) is 4.07. The van der Waals surface area contributed by atoms with Crippen LogP contribution in [0, 0.1) is 0 Å². The third-order valence-corrected chi connectivity index (χ3v) is 2.91. The molecule has 14 heavy (non-hydrogen) atoms. The fraction of sp³-hybridized carbons (Fsp3) is 1.00. The second kappa shape index (κ2) is 6.38. The summed E-state index contributed by atoms with van der Waals surface area (Å²) in [5.74, 6) is 0. The summed E-state index contributed by atoms with van der Waals surface area (Å²) in [5, 5.41) is 9.68. The van der Waals surface area contributed by atoms with Crippen LogP contribution in [0.2, 0.25) is 0 Å². The first-order valence-corrected chi connectivity index (χ1v) is 5.77. The molecule has 1 fully saturated rings. The van der Waals surface area contributed by atoms with Crippen LogP contribution in [-0.4, -0.2) is 42.0 Å². The highest BCUT2D eigenvalue weighted by molar-refractivity contribution is 4.75. The second-order valence-electron chi connectivity index (χ2n) is 4.07. The Labute approximate surface area is 87.1 Å². The first-order valence-electron chi connectivity index (χ1n) is 5.77. The van der Waals surface area contributed by atoms with Crippen molar-refractivity contribution in [1.82, 2.24) is 4.90 Å². The van der Waals surface area contributed by atoms with E-state index >= 15 is 0 Å². The monoisotopic (exact) mass is 201 g/mol. The lowest BCUT2D eigenvalue weighted by Crippen LogP contribution is -2.45. The van der Waals surface area contributed by atoms with Crippen molar-refractivity contribution in [3.05, 3.63) is 0 Å². The molecule has 0 aliphatic carbocycles. The predicted molar refractivity (Wildman–Crippen MR) is 57.1 cm³/mol. The van der Waals surface area contributed by atoms with Gasteiger partial charge in [0.25, 0.3) is 0 Å². The van der Waals surface area contributed by atoms with Crippen LogP contribution >= 0.6 is 0 Å². The summed E-state index contributed by atoms with van der Waals surface area (Å²) < 4.78 is 5.33. The van der Waals surface area contributed by atoms with Crippen molar-refractivity contribution in [3.8, 4) is 0 Å². The Morgan fingerprint density at radius 1 is 1.43 bits per heavy atom. The van der Waals surface area contributed by atoms with Crippen molar-refractivity contribution in [2.45, 2.75) is 51.8 Å². The molecular weight excluding hydrogens is 178 g/mol. The quantitative estimate of drug-likeness (QED) is 0.686. The number of nitrogens with zero attached hydrogens (tertiary/aromatic N) is 1. The van der Waals surface area contributed by atoms with Gasteiger partial charge in [-0.2, -0.15) is 0 Å². The molecular formula is C11H23NO2. The number of hydrogen-bond acceptors (Lipinski definition) is 3. The minimum atomic E-state index is -0.315. The third-order valence-electron chi connectivity index (χ3n) is 2.91. The maximum atomic E-state index is 9.68. The number of aliphatic hydroxyl groups is 1. The molecule has 1 heterocycles. The third kappa shape index (κ3) is 3.56. The lowest BCUT2D eigenvalue weighted by molar-refractivity contribution is -0.0487. The van der Waals surface area contributed by atoms with Gasteiger partial charge in [-0.05, 0) is 26.2 Å². The van der Waals surface area contributed by atoms with Crippen molar-refractivity contribution in [1.29, 1.82) is 0 Å². The van der Waals surface area contributed by atoms with Gasteiger partial charge >= 0.3 is 0 Å². The molecule has 3 nitrogen and oxygen atoms in total. The van der Waals surface area contributed by atoms with Crippen LogP contribution < -0.4 is 0 Å². The zero-order valence-corrected chi connectivity index (χ0v) is 9.41. The zero-order chi connectivity index (χ0) is 10.4. The molecule has 0 aromatic carbocycles. The Hall–Kier alpha value is -0.120. The Balaban J connectivity index is 2.39. The Morgan fingerprint density at radius 2 is 2.07 bits per heavy atom. The highest BCUT2D eigenvalue weighted by atomic mass is 16.5. The van der Waals surface area contributed by atoms with Gasteiger partial charge < -0.3 is 9.84 Å².